The van der Waals surface area contributed by atoms with Gasteiger partial charge in [0.05, 0.1) is 0 Å². The first kappa shape index (κ1) is 23.1. The molecule has 6 nitrogen and oxygen atoms in total. The molecular formula is C26H39N3O3. The molecule has 0 aromatic heterocycles. The molecule has 1 atom stereocenters. The third kappa shape index (κ3) is 4.95. The molecule has 2 aliphatic heterocycles. The van der Waals surface area contributed by atoms with E-state index in [2.05, 4.69) is 17.1 Å². The van der Waals surface area contributed by atoms with Crippen LogP contribution in [0, 0.1) is 5.92 Å². The van der Waals surface area contributed by atoms with E-state index in [0.717, 1.165) is 44.5 Å². The fraction of sp³-hybridized carbons (Fsp3) is 0.692. The molecule has 3 aliphatic rings. The van der Waals surface area contributed by atoms with Gasteiger partial charge in [-0.1, -0.05) is 57.6 Å². The number of nitrogens with one attached hydrogen (secondary N) is 1. The molecule has 2 amide bonds. The van der Waals surface area contributed by atoms with Crippen molar-refractivity contribution in [1.82, 2.24) is 15.1 Å². The molecule has 3 fully saturated rings. The van der Waals surface area contributed by atoms with Crippen LogP contribution in [0.15, 0.2) is 24.3 Å². The Balaban J connectivity index is 1.44. The molecule has 2 saturated heterocycles. The fourth-order valence-electron chi connectivity index (χ4n) is 5.87. The molecule has 1 spiro atoms. The Morgan fingerprint density at radius 3 is 2.41 bits per heavy atom. The summed E-state index contributed by atoms with van der Waals surface area (Å²) in [4.78, 5) is 31.4. The Morgan fingerprint density at radius 2 is 1.75 bits per heavy atom. The van der Waals surface area contributed by atoms with Crippen LogP contribution in [0.5, 0.6) is 5.75 Å². The van der Waals surface area contributed by atoms with Crippen molar-refractivity contribution >= 4 is 11.8 Å². The first-order valence-electron chi connectivity index (χ1n) is 12.6. The number of benzene rings is 1. The van der Waals surface area contributed by atoms with E-state index in [9.17, 15) is 14.7 Å². The number of phenols is 1. The molecule has 176 valence electrons. The smallest absolute Gasteiger partial charge is 0.246 e. The van der Waals surface area contributed by atoms with E-state index >= 15 is 0 Å². The van der Waals surface area contributed by atoms with Crippen LogP contribution in [0.4, 0.5) is 0 Å². The van der Waals surface area contributed by atoms with E-state index in [1.54, 1.807) is 12.1 Å². The Labute approximate surface area is 192 Å². The number of hydrogen-bond donors (Lipinski definition) is 2. The summed E-state index contributed by atoms with van der Waals surface area (Å²) >= 11 is 0. The van der Waals surface area contributed by atoms with Gasteiger partial charge >= 0.3 is 0 Å². The van der Waals surface area contributed by atoms with Crippen LogP contribution in [0.25, 0.3) is 0 Å². The number of rotatable bonds is 7. The van der Waals surface area contributed by atoms with Crippen molar-refractivity contribution in [3.05, 3.63) is 29.8 Å². The van der Waals surface area contributed by atoms with Crippen molar-refractivity contribution in [3.63, 3.8) is 0 Å². The quantitative estimate of drug-likeness (QED) is 0.675. The number of piperazine rings is 1. The van der Waals surface area contributed by atoms with Gasteiger partial charge in [-0.25, -0.2) is 0 Å². The number of phenolic OH excluding ortho intramolecular Hbond substituents is 1. The number of nitrogens with zero attached hydrogens (tertiary/aromatic N) is 2. The molecule has 0 radical (unpaired) electrons. The first-order chi connectivity index (χ1) is 15.5. The molecule has 32 heavy (non-hydrogen) atoms. The van der Waals surface area contributed by atoms with Gasteiger partial charge in [-0.05, 0) is 49.3 Å². The summed E-state index contributed by atoms with van der Waals surface area (Å²) in [5.74, 6) is 1.05. The van der Waals surface area contributed by atoms with Gasteiger partial charge in [-0.2, -0.15) is 0 Å². The Kier molecular flexibility index (Phi) is 7.39. The lowest BCUT2D eigenvalue weighted by molar-refractivity contribution is -0.162. The highest BCUT2D eigenvalue weighted by molar-refractivity contribution is 6.00. The molecule has 6 heteroatoms. The molecule has 1 unspecified atom stereocenters. The van der Waals surface area contributed by atoms with Gasteiger partial charge in [0, 0.05) is 26.2 Å². The minimum atomic E-state index is -0.694. The fourth-order valence-corrected chi connectivity index (χ4v) is 5.87. The lowest BCUT2D eigenvalue weighted by Gasteiger charge is -2.52. The van der Waals surface area contributed by atoms with E-state index in [1.807, 2.05) is 17.0 Å². The predicted molar refractivity (Wildman–Crippen MR) is 125 cm³/mol. The van der Waals surface area contributed by atoms with Crippen LogP contribution in [0.2, 0.25) is 0 Å². The lowest BCUT2D eigenvalue weighted by atomic mass is 9.79. The zero-order chi connectivity index (χ0) is 22.6. The number of piperidine rings is 1. The van der Waals surface area contributed by atoms with Crippen molar-refractivity contribution < 1.29 is 14.7 Å². The first-order valence-corrected chi connectivity index (χ1v) is 12.6. The van der Waals surface area contributed by atoms with Crippen LogP contribution >= 0.6 is 0 Å². The normalized spacial score (nSPS) is 24.7. The molecule has 2 N–H and O–H groups in total. The monoisotopic (exact) mass is 441 g/mol. The van der Waals surface area contributed by atoms with Crippen LogP contribution in [-0.2, 0) is 16.1 Å². The predicted octanol–water partition coefficient (Wildman–Crippen LogP) is 3.82. The molecule has 1 aromatic carbocycles. The zero-order valence-corrected chi connectivity index (χ0v) is 19.5. The SMILES string of the molecule is CCCCN1C(=O)C(CC2CCCCC2)NC(=O)C12CCN(Cc1ccc(O)cc1)CC2. The average molecular weight is 442 g/mol. The number of aromatic hydroxyl groups is 1. The van der Waals surface area contributed by atoms with E-state index < -0.39 is 5.54 Å². The van der Waals surface area contributed by atoms with E-state index in [4.69, 9.17) is 0 Å². The van der Waals surface area contributed by atoms with Crippen LogP contribution < -0.4 is 5.32 Å². The Bertz CT molecular complexity index is 780. The highest BCUT2D eigenvalue weighted by Gasteiger charge is 2.53. The van der Waals surface area contributed by atoms with Gasteiger partial charge in [0.1, 0.15) is 17.3 Å². The van der Waals surface area contributed by atoms with Gasteiger partial charge in [0.2, 0.25) is 11.8 Å². The molecule has 0 bridgehead atoms. The second-order valence-electron chi connectivity index (χ2n) is 10.1. The third-order valence-corrected chi connectivity index (χ3v) is 7.86. The summed E-state index contributed by atoms with van der Waals surface area (Å²) in [6, 6.07) is 6.97. The summed E-state index contributed by atoms with van der Waals surface area (Å²) in [6.07, 6.45) is 10.3. The summed E-state index contributed by atoms with van der Waals surface area (Å²) in [5, 5.41) is 12.7. The van der Waals surface area contributed by atoms with E-state index in [1.165, 1.54) is 32.1 Å². The second kappa shape index (κ2) is 10.2. The number of carbonyl (C=O) groups is 2. The van der Waals surface area contributed by atoms with Crippen molar-refractivity contribution in [1.29, 1.82) is 0 Å². The maximum absolute atomic E-state index is 13.6. The highest BCUT2D eigenvalue weighted by Crippen LogP contribution is 2.36. The van der Waals surface area contributed by atoms with Gasteiger partial charge in [0.15, 0.2) is 0 Å². The second-order valence-corrected chi connectivity index (χ2v) is 10.1. The van der Waals surface area contributed by atoms with Gasteiger partial charge in [-0.15, -0.1) is 0 Å². The molecule has 1 saturated carbocycles. The van der Waals surface area contributed by atoms with Crippen LogP contribution in [0.1, 0.15) is 76.7 Å². The van der Waals surface area contributed by atoms with Crippen molar-refractivity contribution in [2.75, 3.05) is 19.6 Å². The van der Waals surface area contributed by atoms with Crippen molar-refractivity contribution in [3.8, 4) is 5.75 Å². The van der Waals surface area contributed by atoms with Gasteiger partial charge in [-0.3, -0.25) is 14.5 Å². The zero-order valence-electron chi connectivity index (χ0n) is 19.5. The Morgan fingerprint density at radius 1 is 1.06 bits per heavy atom. The number of hydrogen-bond acceptors (Lipinski definition) is 4. The standard InChI is InChI=1S/C26H39N3O3/c1-2-3-15-29-24(31)23(18-20-7-5-4-6-8-20)27-25(32)26(29)13-16-28(17-14-26)19-21-9-11-22(30)12-10-21/h9-12,20,23,30H,2-8,13-19H2,1H3,(H,27,32). The maximum atomic E-state index is 13.6. The summed E-state index contributed by atoms with van der Waals surface area (Å²) in [7, 11) is 0. The maximum Gasteiger partial charge on any atom is 0.246 e. The molecule has 1 aromatic rings. The number of unbranched alkanes of at least 4 members (excludes halogenated alkanes) is 1. The van der Waals surface area contributed by atoms with E-state index in [-0.39, 0.29) is 23.6 Å². The Hall–Kier alpha value is -2.08. The minimum absolute atomic E-state index is 0.0679. The molecule has 1 aliphatic carbocycles. The average Bonchev–Trinajstić information content (AvgIpc) is 2.81. The molecule has 2 heterocycles. The summed E-state index contributed by atoms with van der Waals surface area (Å²) in [6.45, 7) is 5.20. The third-order valence-electron chi connectivity index (χ3n) is 7.86. The summed E-state index contributed by atoms with van der Waals surface area (Å²) in [5.41, 5.74) is 0.458. The van der Waals surface area contributed by atoms with E-state index in [0.29, 0.717) is 25.3 Å². The van der Waals surface area contributed by atoms with Crippen LogP contribution in [-0.4, -0.2) is 57.9 Å². The highest BCUT2D eigenvalue weighted by atomic mass is 16.3. The number of likely N-dealkylation sites (tertiary alicyclic amines) is 1. The minimum Gasteiger partial charge on any atom is -0.508 e. The van der Waals surface area contributed by atoms with Crippen LogP contribution in [0.3, 0.4) is 0 Å². The van der Waals surface area contributed by atoms with Crippen molar-refractivity contribution in [2.24, 2.45) is 5.92 Å². The van der Waals surface area contributed by atoms with Gasteiger partial charge in [0.25, 0.3) is 0 Å². The number of amides is 2. The molecule has 4 rings (SSSR count). The number of carbonyl (C=O) groups excluding carboxylic acids is 2. The lowest BCUT2D eigenvalue weighted by Crippen LogP contribution is -2.73. The summed E-state index contributed by atoms with van der Waals surface area (Å²) < 4.78 is 0. The van der Waals surface area contributed by atoms with Crippen molar-refractivity contribution in [2.45, 2.75) is 89.3 Å². The topological polar surface area (TPSA) is 72.9 Å². The largest absolute Gasteiger partial charge is 0.508 e. The van der Waals surface area contributed by atoms with Gasteiger partial charge < -0.3 is 15.3 Å². The molecular weight excluding hydrogens is 402 g/mol.